The van der Waals surface area contributed by atoms with Crippen LogP contribution in [-0.2, 0) is 17.8 Å². The average Bonchev–Trinajstić information content (AvgIpc) is 3.06. The first-order valence-corrected chi connectivity index (χ1v) is 10.4. The summed E-state index contributed by atoms with van der Waals surface area (Å²) >= 11 is 5.94. The molecule has 148 valence electrons. The predicted molar refractivity (Wildman–Crippen MR) is 110 cm³/mol. The van der Waals surface area contributed by atoms with E-state index in [9.17, 15) is 9.18 Å². The number of rotatable bonds is 4. The Balaban J connectivity index is 1.46. The van der Waals surface area contributed by atoms with Crippen molar-refractivity contribution in [2.24, 2.45) is 0 Å². The number of nitrogens with zero attached hydrogens (tertiary/aromatic N) is 2. The summed E-state index contributed by atoms with van der Waals surface area (Å²) in [5, 5.41) is 0.683. The Kier molecular flexibility index (Phi) is 5.70. The lowest BCUT2D eigenvalue weighted by atomic mass is 9.86. The summed E-state index contributed by atoms with van der Waals surface area (Å²) in [6.07, 6.45) is 4.66. The van der Waals surface area contributed by atoms with Gasteiger partial charge in [-0.3, -0.25) is 9.69 Å². The third-order valence-corrected chi connectivity index (χ3v) is 6.49. The Morgan fingerprint density at radius 1 is 1.04 bits per heavy atom. The number of hydrogen-bond acceptors (Lipinski definition) is 2. The highest BCUT2D eigenvalue weighted by Crippen LogP contribution is 2.38. The molecule has 2 fully saturated rings. The van der Waals surface area contributed by atoms with Gasteiger partial charge in [0.2, 0.25) is 5.91 Å². The lowest BCUT2D eigenvalue weighted by molar-refractivity contribution is -0.134. The molecule has 0 N–H and O–H groups in total. The predicted octanol–water partition coefficient (Wildman–Crippen LogP) is 4.68. The molecule has 0 radical (unpaired) electrons. The van der Waals surface area contributed by atoms with Crippen LogP contribution in [0.3, 0.4) is 0 Å². The molecule has 2 aromatic rings. The summed E-state index contributed by atoms with van der Waals surface area (Å²) in [4.78, 5) is 17.3. The van der Waals surface area contributed by atoms with Crippen molar-refractivity contribution in [1.29, 1.82) is 0 Å². The molecule has 1 atom stereocenters. The monoisotopic (exact) mass is 400 g/mol. The molecule has 2 aliphatic rings. The summed E-state index contributed by atoms with van der Waals surface area (Å²) < 4.78 is 14.2. The molecule has 28 heavy (non-hydrogen) atoms. The van der Waals surface area contributed by atoms with E-state index in [4.69, 9.17) is 11.6 Å². The molecule has 0 aromatic heterocycles. The molecular weight excluding hydrogens is 375 g/mol. The van der Waals surface area contributed by atoms with E-state index in [0.717, 1.165) is 56.4 Å². The first kappa shape index (κ1) is 19.4. The first-order chi connectivity index (χ1) is 13.6. The Morgan fingerprint density at radius 3 is 2.50 bits per heavy atom. The second-order valence-corrected chi connectivity index (χ2v) is 8.50. The molecule has 4 rings (SSSR count). The average molecular weight is 401 g/mol. The van der Waals surface area contributed by atoms with Gasteiger partial charge in [-0.2, -0.15) is 0 Å². The van der Waals surface area contributed by atoms with E-state index in [1.54, 1.807) is 6.07 Å². The van der Waals surface area contributed by atoms with E-state index in [1.165, 1.54) is 6.07 Å². The Bertz CT molecular complexity index is 841. The van der Waals surface area contributed by atoms with Gasteiger partial charge in [-0.25, -0.2) is 4.39 Å². The minimum absolute atomic E-state index is 0.0177. The van der Waals surface area contributed by atoms with Crippen molar-refractivity contribution in [3.05, 3.63) is 70.5 Å². The van der Waals surface area contributed by atoms with Gasteiger partial charge >= 0.3 is 0 Å². The standard InChI is InChI=1S/C23H26ClFN2O/c24-20-9-7-18(8-10-20)15-22(28)26-13-3-11-23(17-26)12-4-14-27(23)16-19-5-1-2-6-21(19)25/h1-2,5-10H,3-4,11-17H2/t23-/m0/s1. The van der Waals surface area contributed by atoms with Crippen molar-refractivity contribution in [1.82, 2.24) is 9.80 Å². The van der Waals surface area contributed by atoms with Gasteiger partial charge in [0.25, 0.3) is 0 Å². The molecule has 5 heteroatoms. The van der Waals surface area contributed by atoms with Crippen LogP contribution in [0.5, 0.6) is 0 Å². The van der Waals surface area contributed by atoms with Crippen LogP contribution < -0.4 is 0 Å². The van der Waals surface area contributed by atoms with E-state index in [-0.39, 0.29) is 17.3 Å². The fourth-order valence-corrected chi connectivity index (χ4v) is 4.88. The zero-order valence-corrected chi connectivity index (χ0v) is 16.8. The number of carbonyl (C=O) groups excluding carboxylic acids is 1. The summed E-state index contributed by atoms with van der Waals surface area (Å²) in [7, 11) is 0. The second kappa shape index (κ2) is 8.22. The van der Waals surface area contributed by atoms with Crippen molar-refractivity contribution in [3.8, 4) is 0 Å². The number of amides is 1. The van der Waals surface area contributed by atoms with Gasteiger partial charge in [0.1, 0.15) is 5.82 Å². The summed E-state index contributed by atoms with van der Waals surface area (Å²) in [5.74, 6) is 0.0233. The minimum Gasteiger partial charge on any atom is -0.341 e. The van der Waals surface area contributed by atoms with Crippen molar-refractivity contribution in [2.45, 2.75) is 44.2 Å². The SMILES string of the molecule is O=C(Cc1ccc(Cl)cc1)N1CCC[C@]2(CCCN2Cc2ccccc2F)C1. The lowest BCUT2D eigenvalue weighted by Crippen LogP contribution is -2.56. The van der Waals surface area contributed by atoms with Gasteiger partial charge in [0.15, 0.2) is 0 Å². The zero-order valence-electron chi connectivity index (χ0n) is 16.0. The van der Waals surface area contributed by atoms with Crippen LogP contribution >= 0.6 is 11.6 Å². The van der Waals surface area contributed by atoms with Crippen LogP contribution in [0.4, 0.5) is 4.39 Å². The van der Waals surface area contributed by atoms with Gasteiger partial charge in [0.05, 0.1) is 6.42 Å². The quantitative estimate of drug-likeness (QED) is 0.744. The Morgan fingerprint density at radius 2 is 1.75 bits per heavy atom. The molecule has 2 saturated heterocycles. The maximum atomic E-state index is 14.2. The largest absolute Gasteiger partial charge is 0.341 e. The van der Waals surface area contributed by atoms with Gasteiger partial charge in [0, 0.05) is 35.8 Å². The van der Waals surface area contributed by atoms with E-state index in [1.807, 2.05) is 41.3 Å². The number of carbonyl (C=O) groups is 1. The van der Waals surface area contributed by atoms with Gasteiger partial charge in [-0.15, -0.1) is 0 Å². The fraction of sp³-hybridized carbons (Fsp3) is 0.435. The van der Waals surface area contributed by atoms with Gasteiger partial charge in [-0.05, 0) is 56.0 Å². The summed E-state index contributed by atoms with van der Waals surface area (Å²) in [5.41, 5.74) is 1.72. The molecule has 2 aliphatic heterocycles. The van der Waals surface area contributed by atoms with Crippen LogP contribution in [0.25, 0.3) is 0 Å². The number of piperidine rings is 1. The number of benzene rings is 2. The number of halogens is 2. The van der Waals surface area contributed by atoms with Crippen LogP contribution in [0.2, 0.25) is 5.02 Å². The second-order valence-electron chi connectivity index (χ2n) is 8.06. The maximum Gasteiger partial charge on any atom is 0.227 e. The van der Waals surface area contributed by atoms with Crippen LogP contribution in [0, 0.1) is 5.82 Å². The van der Waals surface area contributed by atoms with Crippen molar-refractivity contribution in [2.75, 3.05) is 19.6 Å². The normalized spacial score (nSPS) is 22.7. The smallest absolute Gasteiger partial charge is 0.227 e. The highest BCUT2D eigenvalue weighted by Gasteiger charge is 2.44. The van der Waals surface area contributed by atoms with Crippen molar-refractivity contribution < 1.29 is 9.18 Å². The van der Waals surface area contributed by atoms with Gasteiger partial charge < -0.3 is 4.90 Å². The van der Waals surface area contributed by atoms with E-state index in [0.29, 0.717) is 18.0 Å². The third-order valence-electron chi connectivity index (χ3n) is 6.24. The van der Waals surface area contributed by atoms with E-state index < -0.39 is 0 Å². The highest BCUT2D eigenvalue weighted by molar-refractivity contribution is 6.30. The summed E-state index contributed by atoms with van der Waals surface area (Å²) in [6.45, 7) is 3.13. The van der Waals surface area contributed by atoms with Crippen LogP contribution in [0.15, 0.2) is 48.5 Å². The Labute approximate surface area is 171 Å². The first-order valence-electron chi connectivity index (χ1n) is 10.1. The van der Waals surface area contributed by atoms with Gasteiger partial charge in [-0.1, -0.05) is 41.9 Å². The maximum absolute atomic E-state index is 14.2. The van der Waals surface area contributed by atoms with Crippen LogP contribution in [0.1, 0.15) is 36.8 Å². The number of likely N-dealkylation sites (tertiary alicyclic amines) is 2. The number of hydrogen-bond donors (Lipinski definition) is 0. The molecule has 0 bridgehead atoms. The molecule has 3 nitrogen and oxygen atoms in total. The van der Waals surface area contributed by atoms with E-state index in [2.05, 4.69) is 4.90 Å². The zero-order chi connectivity index (χ0) is 19.6. The van der Waals surface area contributed by atoms with Crippen LogP contribution in [-0.4, -0.2) is 40.9 Å². The van der Waals surface area contributed by atoms with Crippen molar-refractivity contribution in [3.63, 3.8) is 0 Å². The molecule has 0 saturated carbocycles. The topological polar surface area (TPSA) is 23.6 Å². The van der Waals surface area contributed by atoms with Crippen molar-refractivity contribution >= 4 is 17.5 Å². The molecule has 2 aromatic carbocycles. The molecule has 1 spiro atoms. The third kappa shape index (κ3) is 4.08. The minimum atomic E-state index is -0.143. The molecule has 1 amide bonds. The highest BCUT2D eigenvalue weighted by atomic mass is 35.5. The lowest BCUT2D eigenvalue weighted by Gasteiger charge is -2.46. The van der Waals surface area contributed by atoms with E-state index >= 15 is 0 Å². The molecule has 2 heterocycles. The molecular formula is C23H26ClFN2O. The molecule has 0 aliphatic carbocycles. The fourth-order valence-electron chi connectivity index (χ4n) is 4.75. The summed E-state index contributed by atoms with van der Waals surface area (Å²) in [6, 6.07) is 14.5. The Hall–Kier alpha value is -1.91. The molecule has 0 unspecified atom stereocenters.